The topological polar surface area (TPSA) is 35.9 Å². The number of halogens is 1. The highest BCUT2D eigenvalue weighted by atomic mass is 127. The number of aromatic hydroxyl groups is 1. The van der Waals surface area contributed by atoms with Gasteiger partial charge in [0.2, 0.25) is 0 Å². The highest BCUT2D eigenvalue weighted by Gasteiger charge is 2.26. The molecule has 0 heterocycles. The molecule has 4 nitrogen and oxygen atoms in total. The van der Waals surface area contributed by atoms with Crippen molar-refractivity contribution in [2.45, 2.75) is 25.3 Å². The number of phenolic OH excluding ortho intramolecular Hbond substituents is 1. The predicted octanol–water partition coefficient (Wildman–Crippen LogP) is 7.60. The standard InChI is InChI=1S/C32H33IN2O2S/c1-37-30-24-26(19-20-29(30)36)14-11-22-34(32(38)35(33)23-21-25-12-5-2-6-13-25)31(27-15-7-3-8-16-27)28-17-9-4-10-18-28/h2-10,12-13,15-20,24,31,36H,11,14,21-23H2,1H3. The molecule has 0 saturated carbocycles. The summed E-state index contributed by atoms with van der Waals surface area (Å²) in [6, 6.07) is 37.3. The lowest BCUT2D eigenvalue weighted by Gasteiger charge is -2.37. The SMILES string of the molecule is COc1cc(CCCN(C(=S)N(I)CCc2ccccc2)C(c2ccccc2)c2ccccc2)ccc1O. The van der Waals surface area contributed by atoms with Crippen molar-refractivity contribution in [3.63, 3.8) is 0 Å². The van der Waals surface area contributed by atoms with Crippen molar-refractivity contribution in [2.75, 3.05) is 20.2 Å². The lowest BCUT2D eigenvalue weighted by Crippen LogP contribution is -2.42. The lowest BCUT2D eigenvalue weighted by atomic mass is 9.96. The molecule has 4 aromatic carbocycles. The third-order valence-corrected chi connectivity index (χ3v) is 8.27. The molecule has 1 N–H and O–H groups in total. The average molecular weight is 637 g/mol. The maximum absolute atomic E-state index is 9.98. The van der Waals surface area contributed by atoms with Gasteiger partial charge in [-0.2, -0.15) is 0 Å². The van der Waals surface area contributed by atoms with Crippen LogP contribution in [0.5, 0.6) is 11.5 Å². The Morgan fingerprint density at radius 1 is 0.789 bits per heavy atom. The molecular formula is C32H33IN2O2S. The van der Waals surface area contributed by atoms with E-state index in [1.54, 1.807) is 13.2 Å². The molecule has 4 aromatic rings. The molecule has 38 heavy (non-hydrogen) atoms. The second kappa shape index (κ2) is 14.2. The summed E-state index contributed by atoms with van der Waals surface area (Å²) in [6.07, 6.45) is 2.66. The van der Waals surface area contributed by atoms with Crippen LogP contribution in [0.25, 0.3) is 0 Å². The molecular weight excluding hydrogens is 603 g/mol. The van der Waals surface area contributed by atoms with Gasteiger partial charge in [-0.05, 0) is 65.9 Å². The maximum Gasteiger partial charge on any atom is 0.181 e. The Morgan fingerprint density at radius 3 is 1.95 bits per heavy atom. The Kier molecular flexibility index (Phi) is 10.4. The molecule has 0 amide bonds. The van der Waals surface area contributed by atoms with Crippen LogP contribution in [-0.2, 0) is 12.8 Å². The number of thiocarbonyl (C=S) groups is 1. The van der Waals surface area contributed by atoms with Gasteiger partial charge in [-0.3, -0.25) is 3.11 Å². The minimum absolute atomic E-state index is 0.00625. The van der Waals surface area contributed by atoms with E-state index in [9.17, 15) is 5.11 Å². The third-order valence-electron chi connectivity index (χ3n) is 6.54. The molecule has 0 aliphatic heterocycles. The summed E-state index contributed by atoms with van der Waals surface area (Å²) >= 11 is 8.53. The van der Waals surface area contributed by atoms with E-state index in [0.29, 0.717) is 5.75 Å². The van der Waals surface area contributed by atoms with Crippen LogP contribution in [0.1, 0.15) is 34.7 Å². The van der Waals surface area contributed by atoms with Gasteiger partial charge < -0.3 is 14.7 Å². The molecule has 0 unspecified atom stereocenters. The number of methoxy groups -OCH3 is 1. The molecule has 6 heteroatoms. The number of hydrogen-bond acceptors (Lipinski definition) is 3. The number of ether oxygens (including phenoxy) is 1. The van der Waals surface area contributed by atoms with Crippen LogP contribution < -0.4 is 4.74 Å². The van der Waals surface area contributed by atoms with Gasteiger partial charge in [0.05, 0.1) is 36.0 Å². The third kappa shape index (κ3) is 7.48. The van der Waals surface area contributed by atoms with Crippen LogP contribution in [0.15, 0.2) is 109 Å². The van der Waals surface area contributed by atoms with E-state index in [2.05, 4.69) is 116 Å². The fourth-order valence-electron chi connectivity index (χ4n) is 4.60. The monoisotopic (exact) mass is 636 g/mol. The van der Waals surface area contributed by atoms with E-state index < -0.39 is 0 Å². The summed E-state index contributed by atoms with van der Waals surface area (Å²) in [4.78, 5) is 2.36. The van der Waals surface area contributed by atoms with Crippen molar-refractivity contribution in [3.8, 4) is 11.5 Å². The highest BCUT2D eigenvalue weighted by molar-refractivity contribution is 14.1. The van der Waals surface area contributed by atoms with Gasteiger partial charge in [-0.15, -0.1) is 0 Å². The van der Waals surface area contributed by atoms with Crippen molar-refractivity contribution in [3.05, 3.63) is 131 Å². The van der Waals surface area contributed by atoms with Crippen LogP contribution in [0.2, 0.25) is 0 Å². The van der Waals surface area contributed by atoms with Crippen LogP contribution in [0.3, 0.4) is 0 Å². The summed E-state index contributed by atoms with van der Waals surface area (Å²) in [5.41, 5.74) is 4.84. The lowest BCUT2D eigenvalue weighted by molar-refractivity contribution is 0.334. The molecule has 0 aliphatic carbocycles. The maximum atomic E-state index is 9.98. The average Bonchev–Trinajstić information content (AvgIpc) is 2.97. The van der Waals surface area contributed by atoms with Gasteiger partial charge in [0, 0.05) is 13.1 Å². The fourth-order valence-corrected chi connectivity index (χ4v) is 5.40. The second-order valence-electron chi connectivity index (χ2n) is 9.13. The van der Waals surface area contributed by atoms with Gasteiger partial charge in [-0.25, -0.2) is 0 Å². The number of benzene rings is 4. The van der Waals surface area contributed by atoms with E-state index in [1.165, 1.54) is 16.7 Å². The van der Waals surface area contributed by atoms with E-state index in [1.807, 2.05) is 18.2 Å². The summed E-state index contributed by atoms with van der Waals surface area (Å²) < 4.78 is 7.48. The van der Waals surface area contributed by atoms with E-state index >= 15 is 0 Å². The fraction of sp³-hybridized carbons (Fsp3) is 0.219. The van der Waals surface area contributed by atoms with Gasteiger partial charge in [0.1, 0.15) is 0 Å². The van der Waals surface area contributed by atoms with Crippen molar-refractivity contribution >= 4 is 40.2 Å². The smallest absolute Gasteiger partial charge is 0.181 e. The molecule has 4 rings (SSSR count). The predicted molar refractivity (Wildman–Crippen MR) is 168 cm³/mol. The minimum atomic E-state index is -0.00625. The first-order valence-electron chi connectivity index (χ1n) is 12.8. The Bertz CT molecular complexity index is 1250. The molecule has 0 saturated heterocycles. The zero-order valence-electron chi connectivity index (χ0n) is 21.5. The quantitative estimate of drug-likeness (QED) is 0.104. The highest BCUT2D eigenvalue weighted by Crippen LogP contribution is 2.31. The van der Waals surface area contributed by atoms with Gasteiger partial charge in [-0.1, -0.05) is 97.1 Å². The van der Waals surface area contributed by atoms with Gasteiger partial charge >= 0.3 is 0 Å². The first-order valence-corrected chi connectivity index (χ1v) is 14.2. The summed E-state index contributed by atoms with van der Waals surface area (Å²) in [5, 5.41) is 10.8. The zero-order chi connectivity index (χ0) is 26.7. The summed E-state index contributed by atoms with van der Waals surface area (Å²) in [6.45, 7) is 1.60. The van der Waals surface area contributed by atoms with Crippen molar-refractivity contribution in [1.82, 2.24) is 8.01 Å². The number of phenols is 1. The Morgan fingerprint density at radius 2 is 1.37 bits per heavy atom. The molecule has 196 valence electrons. The molecule has 0 spiro atoms. The van der Waals surface area contributed by atoms with Crippen LogP contribution >= 0.6 is 35.1 Å². The van der Waals surface area contributed by atoms with E-state index in [4.69, 9.17) is 17.0 Å². The van der Waals surface area contributed by atoms with E-state index in [0.717, 1.165) is 43.0 Å². The van der Waals surface area contributed by atoms with Crippen molar-refractivity contribution < 1.29 is 9.84 Å². The molecule has 0 bridgehead atoms. The largest absolute Gasteiger partial charge is 0.504 e. The minimum Gasteiger partial charge on any atom is -0.504 e. The molecule has 0 atom stereocenters. The second-order valence-corrected chi connectivity index (χ2v) is 10.7. The summed E-state index contributed by atoms with van der Waals surface area (Å²) in [7, 11) is 1.58. The zero-order valence-corrected chi connectivity index (χ0v) is 24.5. The van der Waals surface area contributed by atoms with E-state index in [-0.39, 0.29) is 11.8 Å². The van der Waals surface area contributed by atoms with Crippen molar-refractivity contribution in [1.29, 1.82) is 0 Å². The van der Waals surface area contributed by atoms with Gasteiger partial charge in [0.25, 0.3) is 0 Å². The Labute approximate surface area is 245 Å². The first-order chi connectivity index (χ1) is 18.6. The Hall–Kier alpha value is -3.10. The molecule has 0 radical (unpaired) electrons. The number of rotatable bonds is 11. The first kappa shape index (κ1) is 27.9. The molecule has 0 fully saturated rings. The van der Waals surface area contributed by atoms with Crippen LogP contribution in [-0.4, -0.2) is 38.4 Å². The van der Waals surface area contributed by atoms with Gasteiger partial charge in [0.15, 0.2) is 16.6 Å². The number of hydrogen-bond donors (Lipinski definition) is 1. The summed E-state index contributed by atoms with van der Waals surface area (Å²) in [5.74, 6) is 0.659. The normalized spacial score (nSPS) is 10.8. The molecule has 0 aliphatic rings. The van der Waals surface area contributed by atoms with Crippen molar-refractivity contribution in [2.24, 2.45) is 0 Å². The Balaban J connectivity index is 1.59. The molecule has 0 aromatic heterocycles. The van der Waals surface area contributed by atoms with Crippen LogP contribution in [0, 0.1) is 0 Å². The number of aryl methyl sites for hydroxylation is 1. The van der Waals surface area contributed by atoms with Crippen LogP contribution in [0.4, 0.5) is 0 Å². The number of nitrogens with zero attached hydrogens (tertiary/aromatic N) is 2.